The van der Waals surface area contributed by atoms with Gasteiger partial charge in [0.05, 0.1) is 0 Å². The van der Waals surface area contributed by atoms with Crippen molar-refractivity contribution in [3.05, 3.63) is 0 Å². The average Bonchev–Trinajstić information content (AvgIpc) is 2.29. The lowest BCUT2D eigenvalue weighted by molar-refractivity contribution is -0.150. The fraction of sp³-hybridized carbons (Fsp3) is 0.600. The molecule has 2 atom stereocenters. The third-order valence-corrected chi connectivity index (χ3v) is 2.93. The molecule has 2 unspecified atom stereocenters. The van der Waals surface area contributed by atoms with Crippen LogP contribution in [0.15, 0.2) is 0 Å². The van der Waals surface area contributed by atoms with E-state index in [9.17, 15) is 19.2 Å². The van der Waals surface area contributed by atoms with Gasteiger partial charge in [0, 0.05) is 12.7 Å². The molecule has 2 N–H and O–H groups in total. The van der Waals surface area contributed by atoms with E-state index in [0.29, 0.717) is 0 Å². The van der Waals surface area contributed by atoms with Gasteiger partial charge in [0.15, 0.2) is 0 Å². The smallest absolute Gasteiger partial charge is 0.249 e. The molecule has 1 heterocycles. The van der Waals surface area contributed by atoms with E-state index >= 15 is 0 Å². The fourth-order valence-corrected chi connectivity index (χ4v) is 1.86. The Labute approximate surface area is 110 Å². The number of hydrogen-bond acceptors (Lipinski definition) is 5. The first kappa shape index (κ1) is 14.5. The van der Waals surface area contributed by atoms with Crippen LogP contribution in [-0.2, 0) is 19.2 Å². The summed E-state index contributed by atoms with van der Waals surface area (Å²) >= 11 is 3.98. The Kier molecular flexibility index (Phi) is 4.71. The fourth-order valence-electron chi connectivity index (χ4n) is 1.61. The molecule has 4 amide bonds. The van der Waals surface area contributed by atoms with Crippen molar-refractivity contribution in [1.29, 1.82) is 0 Å². The number of imide groups is 1. The van der Waals surface area contributed by atoms with Gasteiger partial charge in [-0.05, 0) is 6.92 Å². The van der Waals surface area contributed by atoms with Crippen molar-refractivity contribution >= 4 is 36.3 Å². The van der Waals surface area contributed by atoms with Gasteiger partial charge in [-0.1, -0.05) is 0 Å². The maximum atomic E-state index is 12.1. The quantitative estimate of drug-likeness (QED) is 0.422. The first-order valence-corrected chi connectivity index (χ1v) is 6.02. The van der Waals surface area contributed by atoms with E-state index in [1.165, 1.54) is 13.8 Å². The largest absolute Gasteiger partial charge is 0.344 e. The summed E-state index contributed by atoms with van der Waals surface area (Å²) in [7, 11) is 0. The highest BCUT2D eigenvalue weighted by molar-refractivity contribution is 7.80. The van der Waals surface area contributed by atoms with E-state index in [1.807, 2.05) is 0 Å². The number of carbonyl (C=O) groups excluding carboxylic acids is 4. The van der Waals surface area contributed by atoms with Gasteiger partial charge in [-0.15, -0.1) is 0 Å². The van der Waals surface area contributed by atoms with Crippen LogP contribution < -0.4 is 10.6 Å². The molecule has 0 spiro atoms. The summed E-state index contributed by atoms with van der Waals surface area (Å²) in [5.74, 6) is -1.83. The molecule has 100 valence electrons. The van der Waals surface area contributed by atoms with E-state index in [2.05, 4.69) is 23.3 Å². The number of carbonyl (C=O) groups is 4. The number of rotatable bonds is 3. The molecule has 0 aliphatic carbocycles. The minimum absolute atomic E-state index is 0.0947. The van der Waals surface area contributed by atoms with Gasteiger partial charge in [-0.2, -0.15) is 12.6 Å². The molecule has 0 bridgehead atoms. The Morgan fingerprint density at radius 2 is 2.17 bits per heavy atom. The van der Waals surface area contributed by atoms with Crippen LogP contribution in [0.1, 0.15) is 13.8 Å². The monoisotopic (exact) mass is 273 g/mol. The molecule has 0 aromatic heterocycles. The molecule has 0 radical (unpaired) electrons. The van der Waals surface area contributed by atoms with Crippen molar-refractivity contribution in [3.63, 3.8) is 0 Å². The molecule has 1 fully saturated rings. The number of nitrogens with one attached hydrogen (secondary N) is 2. The second kappa shape index (κ2) is 5.85. The molecule has 1 rings (SSSR count). The van der Waals surface area contributed by atoms with Gasteiger partial charge in [-0.25, -0.2) is 0 Å². The van der Waals surface area contributed by atoms with Gasteiger partial charge >= 0.3 is 0 Å². The standard InChI is InChI=1S/C10H15N3O4S/c1-5-9(16)12-8(15)3-13(5)10(17)7(4-18)11-6(2)14/h5,7,18H,3-4H2,1-2H3,(H,11,14)(H,12,15,16). The zero-order chi connectivity index (χ0) is 13.9. The molecular weight excluding hydrogens is 258 g/mol. The van der Waals surface area contributed by atoms with E-state index in [0.717, 1.165) is 4.90 Å². The van der Waals surface area contributed by atoms with Crippen molar-refractivity contribution < 1.29 is 19.2 Å². The average molecular weight is 273 g/mol. The summed E-state index contributed by atoms with van der Waals surface area (Å²) in [4.78, 5) is 46.8. The summed E-state index contributed by atoms with van der Waals surface area (Å²) in [5.41, 5.74) is 0. The summed E-state index contributed by atoms with van der Waals surface area (Å²) < 4.78 is 0. The summed E-state index contributed by atoms with van der Waals surface area (Å²) in [6, 6.07) is -1.58. The van der Waals surface area contributed by atoms with Gasteiger partial charge < -0.3 is 10.2 Å². The van der Waals surface area contributed by atoms with Gasteiger partial charge in [0.2, 0.25) is 23.6 Å². The number of nitrogens with zero attached hydrogens (tertiary/aromatic N) is 1. The van der Waals surface area contributed by atoms with E-state index in [4.69, 9.17) is 0 Å². The zero-order valence-electron chi connectivity index (χ0n) is 10.1. The van der Waals surface area contributed by atoms with E-state index in [1.54, 1.807) is 0 Å². The topological polar surface area (TPSA) is 95.6 Å². The highest BCUT2D eigenvalue weighted by atomic mass is 32.1. The first-order chi connectivity index (χ1) is 8.36. The Morgan fingerprint density at radius 1 is 1.56 bits per heavy atom. The Hall–Kier alpha value is -1.57. The van der Waals surface area contributed by atoms with Gasteiger partial charge in [0.1, 0.15) is 18.6 Å². The number of thiol groups is 1. The normalized spacial score (nSPS) is 21.3. The molecule has 0 saturated carbocycles. The molecule has 1 aliphatic heterocycles. The van der Waals surface area contributed by atoms with Crippen molar-refractivity contribution in [1.82, 2.24) is 15.5 Å². The molecule has 7 nitrogen and oxygen atoms in total. The molecule has 8 heteroatoms. The Bertz CT molecular complexity index is 399. The Morgan fingerprint density at radius 3 is 2.67 bits per heavy atom. The maximum absolute atomic E-state index is 12.1. The minimum atomic E-state index is -0.841. The van der Waals surface area contributed by atoms with Crippen molar-refractivity contribution in [3.8, 4) is 0 Å². The predicted octanol–water partition coefficient (Wildman–Crippen LogP) is -1.71. The lowest BCUT2D eigenvalue weighted by atomic mass is 10.1. The van der Waals surface area contributed by atoms with Crippen molar-refractivity contribution in [2.75, 3.05) is 12.3 Å². The van der Waals surface area contributed by atoms with Gasteiger partial charge in [-0.3, -0.25) is 24.5 Å². The van der Waals surface area contributed by atoms with E-state index < -0.39 is 29.8 Å². The van der Waals surface area contributed by atoms with Crippen LogP contribution in [0.4, 0.5) is 0 Å². The van der Waals surface area contributed by atoms with Crippen LogP contribution in [-0.4, -0.2) is 52.9 Å². The second-order valence-electron chi connectivity index (χ2n) is 3.99. The highest BCUT2D eigenvalue weighted by Crippen LogP contribution is 2.08. The molecule has 18 heavy (non-hydrogen) atoms. The van der Waals surface area contributed by atoms with Gasteiger partial charge in [0.25, 0.3) is 0 Å². The number of hydrogen-bond donors (Lipinski definition) is 3. The van der Waals surface area contributed by atoms with Crippen LogP contribution >= 0.6 is 12.6 Å². The van der Waals surface area contributed by atoms with E-state index in [-0.39, 0.29) is 18.2 Å². The number of amides is 4. The molecule has 0 aromatic rings. The molecule has 1 aliphatic rings. The van der Waals surface area contributed by atoms with Crippen LogP contribution in [0.3, 0.4) is 0 Å². The summed E-state index contributed by atoms with van der Waals surface area (Å²) in [6.07, 6.45) is 0. The lowest BCUT2D eigenvalue weighted by Gasteiger charge is -2.34. The lowest BCUT2D eigenvalue weighted by Crippen LogP contribution is -2.62. The predicted molar refractivity (Wildman–Crippen MR) is 65.8 cm³/mol. The minimum Gasteiger partial charge on any atom is -0.344 e. The highest BCUT2D eigenvalue weighted by Gasteiger charge is 2.36. The van der Waals surface area contributed by atoms with Crippen molar-refractivity contribution in [2.24, 2.45) is 0 Å². The zero-order valence-corrected chi connectivity index (χ0v) is 11.0. The Balaban J connectivity index is 2.83. The molecule has 0 aromatic carbocycles. The van der Waals surface area contributed by atoms with Crippen LogP contribution in [0.5, 0.6) is 0 Å². The third-order valence-electron chi connectivity index (χ3n) is 2.56. The first-order valence-electron chi connectivity index (χ1n) is 5.39. The SMILES string of the molecule is CC(=O)NC(CS)C(=O)N1CC(=O)NC(=O)C1C. The summed E-state index contributed by atoms with van der Waals surface area (Å²) in [6.45, 7) is 2.60. The van der Waals surface area contributed by atoms with Crippen LogP contribution in [0.25, 0.3) is 0 Å². The van der Waals surface area contributed by atoms with Crippen molar-refractivity contribution in [2.45, 2.75) is 25.9 Å². The molecule has 1 saturated heterocycles. The second-order valence-corrected chi connectivity index (χ2v) is 4.36. The maximum Gasteiger partial charge on any atom is 0.249 e. The number of piperazine rings is 1. The summed E-state index contributed by atoms with van der Waals surface area (Å²) in [5, 5.41) is 4.56. The third kappa shape index (κ3) is 3.22. The van der Waals surface area contributed by atoms with Crippen LogP contribution in [0, 0.1) is 0 Å². The molecular formula is C10H15N3O4S. The van der Waals surface area contributed by atoms with Crippen LogP contribution in [0.2, 0.25) is 0 Å².